The van der Waals surface area contributed by atoms with E-state index in [2.05, 4.69) is 26.7 Å². The predicted molar refractivity (Wildman–Crippen MR) is 99.0 cm³/mol. The second-order valence-electron chi connectivity index (χ2n) is 7.48. The molecule has 2 aliphatic rings. The smallest absolute Gasteiger partial charge is 0.275 e. The van der Waals surface area contributed by atoms with E-state index in [-0.39, 0.29) is 11.3 Å². The normalized spacial score (nSPS) is 23.0. The van der Waals surface area contributed by atoms with Gasteiger partial charge in [-0.2, -0.15) is 11.3 Å². The maximum Gasteiger partial charge on any atom is 0.275 e. The number of methoxy groups -OCH3 is 1. The zero-order valence-corrected chi connectivity index (χ0v) is 15.9. The lowest BCUT2D eigenvalue weighted by Crippen LogP contribution is -2.47. The van der Waals surface area contributed by atoms with Crippen molar-refractivity contribution in [3.63, 3.8) is 0 Å². The summed E-state index contributed by atoms with van der Waals surface area (Å²) in [6, 6.07) is 2.21. The van der Waals surface area contributed by atoms with Gasteiger partial charge in [-0.25, -0.2) is 4.98 Å². The topological polar surface area (TPSA) is 58.8 Å². The van der Waals surface area contributed by atoms with Crippen molar-refractivity contribution in [1.82, 2.24) is 14.8 Å². The van der Waals surface area contributed by atoms with Gasteiger partial charge in [0.2, 0.25) is 0 Å². The van der Waals surface area contributed by atoms with Crippen molar-refractivity contribution in [3.05, 3.63) is 40.7 Å². The number of nitrogens with zero attached hydrogens (tertiary/aromatic N) is 3. The van der Waals surface area contributed by atoms with E-state index in [1.807, 2.05) is 4.90 Å². The number of thiophene rings is 1. The highest BCUT2D eigenvalue weighted by Crippen LogP contribution is 2.45. The molecule has 1 atom stereocenters. The predicted octanol–water partition coefficient (Wildman–Crippen LogP) is 2.74. The summed E-state index contributed by atoms with van der Waals surface area (Å²) < 4.78 is 10.5. The van der Waals surface area contributed by atoms with Gasteiger partial charge in [0, 0.05) is 45.8 Å². The zero-order valence-electron chi connectivity index (χ0n) is 15.1. The Morgan fingerprint density at radius 2 is 2.31 bits per heavy atom. The first kappa shape index (κ1) is 17.7. The van der Waals surface area contributed by atoms with Crippen LogP contribution >= 0.6 is 11.3 Å². The Hall–Kier alpha value is -1.70. The van der Waals surface area contributed by atoms with Gasteiger partial charge in [0.05, 0.1) is 6.61 Å². The number of ether oxygens (including phenoxy) is 1. The van der Waals surface area contributed by atoms with Crippen molar-refractivity contribution < 1.29 is 13.9 Å². The summed E-state index contributed by atoms with van der Waals surface area (Å²) in [5.74, 6) is 0.500. The molecule has 1 spiro atoms. The number of amides is 1. The van der Waals surface area contributed by atoms with E-state index in [4.69, 9.17) is 9.15 Å². The van der Waals surface area contributed by atoms with Crippen LogP contribution in [-0.4, -0.2) is 60.6 Å². The molecule has 0 aromatic carbocycles. The molecular formula is C19H25N3O3S. The summed E-state index contributed by atoms with van der Waals surface area (Å²) in [6.45, 7) is 5.50. The Balaban J connectivity index is 1.42. The van der Waals surface area contributed by atoms with Crippen LogP contribution in [0.1, 0.15) is 28.9 Å². The Morgan fingerprint density at radius 1 is 1.46 bits per heavy atom. The second-order valence-corrected chi connectivity index (χ2v) is 8.26. The average molecular weight is 375 g/mol. The maximum absolute atomic E-state index is 12.5. The quantitative estimate of drug-likeness (QED) is 0.804. The first-order valence-electron chi connectivity index (χ1n) is 9.10. The van der Waals surface area contributed by atoms with Crippen molar-refractivity contribution in [1.29, 1.82) is 0 Å². The molecule has 2 fully saturated rings. The number of carbonyl (C=O) groups is 1. The van der Waals surface area contributed by atoms with Gasteiger partial charge >= 0.3 is 0 Å². The highest BCUT2D eigenvalue weighted by atomic mass is 32.1. The highest BCUT2D eigenvalue weighted by molar-refractivity contribution is 7.07. The number of piperidine rings is 1. The molecule has 0 radical (unpaired) electrons. The number of likely N-dealkylation sites (tertiary alicyclic amines) is 2. The molecule has 7 heteroatoms. The molecule has 1 amide bonds. The van der Waals surface area contributed by atoms with Crippen molar-refractivity contribution in [2.75, 3.05) is 39.9 Å². The minimum atomic E-state index is -0.0231. The van der Waals surface area contributed by atoms with Crippen LogP contribution in [0.4, 0.5) is 0 Å². The summed E-state index contributed by atoms with van der Waals surface area (Å²) >= 11 is 1.75. The first-order chi connectivity index (χ1) is 12.7. The van der Waals surface area contributed by atoms with Gasteiger partial charge in [-0.05, 0) is 40.6 Å². The van der Waals surface area contributed by atoms with Gasteiger partial charge in [-0.1, -0.05) is 0 Å². The van der Waals surface area contributed by atoms with Crippen LogP contribution in [-0.2, 0) is 11.3 Å². The molecule has 6 nitrogen and oxygen atoms in total. The number of aromatic nitrogens is 1. The summed E-state index contributed by atoms with van der Waals surface area (Å²) in [4.78, 5) is 21.0. The van der Waals surface area contributed by atoms with Crippen molar-refractivity contribution in [2.45, 2.75) is 19.4 Å². The third kappa shape index (κ3) is 3.43. The van der Waals surface area contributed by atoms with Crippen LogP contribution in [0.2, 0.25) is 0 Å². The van der Waals surface area contributed by atoms with E-state index in [1.165, 1.54) is 18.2 Å². The number of hydrogen-bond donors (Lipinski definition) is 0. The first-order valence-corrected chi connectivity index (χ1v) is 10.0. The molecule has 2 saturated heterocycles. The van der Waals surface area contributed by atoms with Gasteiger partial charge in [0.25, 0.3) is 5.91 Å². The number of rotatable bonds is 5. The van der Waals surface area contributed by atoms with Crippen molar-refractivity contribution in [2.24, 2.45) is 11.3 Å². The summed E-state index contributed by atoms with van der Waals surface area (Å²) in [5, 5.41) is 4.37. The minimum Gasteiger partial charge on any atom is -0.451 e. The Labute approximate surface area is 157 Å². The largest absolute Gasteiger partial charge is 0.451 e. The Morgan fingerprint density at radius 3 is 2.96 bits per heavy atom. The third-order valence-corrected chi connectivity index (χ3v) is 6.67. The third-order valence-electron chi connectivity index (χ3n) is 5.94. The van der Waals surface area contributed by atoms with Gasteiger partial charge in [0.15, 0.2) is 12.1 Å². The number of hydrogen-bond acceptors (Lipinski definition) is 6. The number of carbonyl (C=O) groups excluding carboxylic acids is 1. The van der Waals surface area contributed by atoms with E-state index in [1.54, 1.807) is 18.4 Å². The van der Waals surface area contributed by atoms with Crippen LogP contribution < -0.4 is 0 Å². The lowest BCUT2D eigenvalue weighted by molar-refractivity contribution is 0.0319. The van der Waals surface area contributed by atoms with Crippen LogP contribution in [0.25, 0.3) is 0 Å². The van der Waals surface area contributed by atoms with Crippen LogP contribution in [0, 0.1) is 11.3 Å². The van der Waals surface area contributed by atoms with E-state index in [0.717, 1.165) is 52.2 Å². The van der Waals surface area contributed by atoms with E-state index >= 15 is 0 Å². The van der Waals surface area contributed by atoms with E-state index in [9.17, 15) is 4.79 Å². The molecule has 2 aromatic heterocycles. The van der Waals surface area contributed by atoms with Gasteiger partial charge < -0.3 is 14.1 Å². The highest BCUT2D eigenvalue weighted by Gasteiger charge is 2.48. The molecular weight excluding hydrogens is 350 g/mol. The molecule has 0 bridgehead atoms. The monoisotopic (exact) mass is 375 g/mol. The van der Waals surface area contributed by atoms with Crippen LogP contribution in [0.15, 0.2) is 33.9 Å². The maximum atomic E-state index is 12.5. The molecule has 4 rings (SSSR count). The standard InChI is InChI=1S/C19H25N3O3S/c1-24-10-16-9-21(8-15-2-7-26-12-15)13-19(16)3-5-22(6-4-19)18(23)17-11-25-14-20-17/h2,7,11-12,14,16H,3-6,8-10,13H2,1H3/t16-/m1/s1. The minimum absolute atomic E-state index is 0.0231. The fraction of sp³-hybridized carbons (Fsp3) is 0.579. The molecule has 26 heavy (non-hydrogen) atoms. The lowest BCUT2D eigenvalue weighted by Gasteiger charge is -2.42. The molecule has 0 N–H and O–H groups in total. The van der Waals surface area contributed by atoms with Crippen molar-refractivity contribution >= 4 is 17.2 Å². The fourth-order valence-electron chi connectivity index (χ4n) is 4.54. The Bertz CT molecular complexity index is 708. The molecule has 140 valence electrons. The molecule has 2 aromatic rings. The summed E-state index contributed by atoms with van der Waals surface area (Å²) in [5.41, 5.74) is 2.04. The van der Waals surface area contributed by atoms with Gasteiger partial charge in [-0.15, -0.1) is 0 Å². The van der Waals surface area contributed by atoms with E-state index in [0.29, 0.717) is 11.6 Å². The summed E-state index contributed by atoms with van der Waals surface area (Å²) in [6.07, 6.45) is 4.78. The fourth-order valence-corrected chi connectivity index (χ4v) is 5.20. The molecule has 2 aliphatic heterocycles. The Kier molecular flexibility index (Phi) is 5.11. The summed E-state index contributed by atoms with van der Waals surface area (Å²) in [7, 11) is 1.79. The molecule has 0 aliphatic carbocycles. The zero-order chi connectivity index (χ0) is 18.0. The number of oxazole rings is 1. The lowest BCUT2D eigenvalue weighted by atomic mass is 9.71. The molecule has 0 unspecified atom stereocenters. The average Bonchev–Trinajstić information content (AvgIpc) is 3.39. The van der Waals surface area contributed by atoms with Gasteiger partial charge in [-0.3, -0.25) is 9.69 Å². The molecule has 4 heterocycles. The second kappa shape index (κ2) is 7.50. The van der Waals surface area contributed by atoms with Crippen LogP contribution in [0.3, 0.4) is 0 Å². The molecule has 0 saturated carbocycles. The van der Waals surface area contributed by atoms with E-state index < -0.39 is 0 Å². The SMILES string of the molecule is COC[C@H]1CN(Cc2ccsc2)CC12CCN(C(=O)c1cocn1)CC2. The van der Waals surface area contributed by atoms with Crippen molar-refractivity contribution in [3.8, 4) is 0 Å². The van der Waals surface area contributed by atoms with Crippen LogP contribution in [0.5, 0.6) is 0 Å². The van der Waals surface area contributed by atoms with Gasteiger partial charge in [0.1, 0.15) is 6.26 Å².